The Morgan fingerprint density at radius 3 is 2.64 bits per heavy atom. The zero-order valence-electron chi connectivity index (χ0n) is 14.5. The standard InChI is InChI=1S/C19H24N4O2/c1-13-16(14-7-8-14)22-23(15-5-3-2-4-6-15)17(13)21-18(25)20-11-19(12-24)9-10-19/h2-6,14,24H,7-12H2,1H3,(H2,20,21,25). The minimum Gasteiger partial charge on any atom is -0.396 e. The number of hydrogen-bond acceptors (Lipinski definition) is 3. The zero-order valence-corrected chi connectivity index (χ0v) is 14.5. The number of aliphatic hydroxyl groups excluding tert-OH is 1. The van der Waals surface area contributed by atoms with Gasteiger partial charge in [0.05, 0.1) is 18.0 Å². The van der Waals surface area contributed by atoms with Crippen LogP contribution in [0.15, 0.2) is 30.3 Å². The van der Waals surface area contributed by atoms with Crippen LogP contribution in [0.1, 0.15) is 42.9 Å². The molecule has 132 valence electrons. The summed E-state index contributed by atoms with van der Waals surface area (Å²) in [6.07, 6.45) is 4.27. The van der Waals surface area contributed by atoms with Crippen molar-refractivity contribution in [1.29, 1.82) is 0 Å². The van der Waals surface area contributed by atoms with Gasteiger partial charge in [-0.2, -0.15) is 5.10 Å². The molecule has 6 nitrogen and oxygen atoms in total. The molecule has 0 bridgehead atoms. The van der Waals surface area contributed by atoms with Gasteiger partial charge in [-0.25, -0.2) is 9.48 Å². The average Bonchev–Trinajstić information content (AvgIpc) is 3.55. The van der Waals surface area contributed by atoms with Gasteiger partial charge in [0, 0.05) is 23.4 Å². The highest BCUT2D eigenvalue weighted by Crippen LogP contribution is 2.44. The highest BCUT2D eigenvalue weighted by molar-refractivity contribution is 5.89. The van der Waals surface area contributed by atoms with Gasteiger partial charge in [0.1, 0.15) is 5.82 Å². The quantitative estimate of drug-likeness (QED) is 0.756. The number of aliphatic hydroxyl groups is 1. The molecule has 0 radical (unpaired) electrons. The second-order valence-corrected chi connectivity index (χ2v) is 7.35. The van der Waals surface area contributed by atoms with Crippen molar-refractivity contribution in [2.24, 2.45) is 5.41 Å². The van der Waals surface area contributed by atoms with Gasteiger partial charge >= 0.3 is 6.03 Å². The number of nitrogens with zero attached hydrogens (tertiary/aromatic N) is 2. The molecule has 2 fully saturated rings. The molecule has 0 atom stereocenters. The van der Waals surface area contributed by atoms with Crippen molar-refractivity contribution in [2.75, 3.05) is 18.5 Å². The van der Waals surface area contributed by atoms with Crippen LogP contribution in [0.25, 0.3) is 5.69 Å². The highest BCUT2D eigenvalue weighted by atomic mass is 16.3. The van der Waals surface area contributed by atoms with E-state index in [1.54, 1.807) is 0 Å². The molecule has 0 aliphatic heterocycles. The number of hydrogen-bond donors (Lipinski definition) is 3. The molecule has 2 saturated carbocycles. The third-order valence-corrected chi connectivity index (χ3v) is 5.27. The van der Waals surface area contributed by atoms with E-state index in [0.29, 0.717) is 12.5 Å². The fourth-order valence-electron chi connectivity index (χ4n) is 3.15. The van der Waals surface area contributed by atoms with E-state index in [2.05, 4.69) is 10.6 Å². The van der Waals surface area contributed by atoms with Crippen molar-refractivity contribution in [3.63, 3.8) is 0 Å². The van der Waals surface area contributed by atoms with Crippen molar-refractivity contribution < 1.29 is 9.90 Å². The molecule has 1 aromatic heterocycles. The summed E-state index contributed by atoms with van der Waals surface area (Å²) in [6, 6.07) is 9.61. The average molecular weight is 340 g/mol. The van der Waals surface area contributed by atoms with Crippen LogP contribution in [0.4, 0.5) is 10.6 Å². The number of carbonyl (C=O) groups excluding carboxylic acids is 1. The Labute approximate surface area is 147 Å². The Balaban J connectivity index is 1.56. The summed E-state index contributed by atoms with van der Waals surface area (Å²) in [4.78, 5) is 12.4. The molecule has 2 amide bonds. The summed E-state index contributed by atoms with van der Waals surface area (Å²) >= 11 is 0. The molecule has 6 heteroatoms. The number of carbonyl (C=O) groups is 1. The molecule has 1 aromatic carbocycles. The van der Waals surface area contributed by atoms with E-state index in [1.807, 2.05) is 41.9 Å². The van der Waals surface area contributed by atoms with Gasteiger partial charge in [-0.05, 0) is 44.7 Å². The monoisotopic (exact) mass is 340 g/mol. The second kappa shape index (κ2) is 6.19. The van der Waals surface area contributed by atoms with E-state index in [1.165, 1.54) is 0 Å². The smallest absolute Gasteiger partial charge is 0.320 e. The molecule has 4 rings (SSSR count). The largest absolute Gasteiger partial charge is 0.396 e. The molecule has 0 unspecified atom stereocenters. The van der Waals surface area contributed by atoms with Crippen molar-refractivity contribution >= 4 is 11.8 Å². The number of anilines is 1. The molecule has 2 aliphatic carbocycles. The van der Waals surface area contributed by atoms with Crippen LogP contribution in [0.2, 0.25) is 0 Å². The van der Waals surface area contributed by atoms with Gasteiger partial charge < -0.3 is 10.4 Å². The number of urea groups is 1. The SMILES string of the molecule is Cc1c(C2CC2)nn(-c2ccccc2)c1NC(=O)NCC1(CO)CC1. The highest BCUT2D eigenvalue weighted by Gasteiger charge is 2.42. The number of para-hydroxylation sites is 1. The lowest BCUT2D eigenvalue weighted by atomic mass is 10.1. The van der Waals surface area contributed by atoms with Crippen molar-refractivity contribution in [3.05, 3.63) is 41.6 Å². The minimum atomic E-state index is -0.248. The predicted octanol–water partition coefficient (Wildman–Crippen LogP) is 2.95. The Morgan fingerprint density at radius 2 is 2.04 bits per heavy atom. The van der Waals surface area contributed by atoms with Crippen LogP contribution >= 0.6 is 0 Å². The second-order valence-electron chi connectivity index (χ2n) is 7.35. The molecule has 2 aromatic rings. The fraction of sp³-hybridized carbons (Fsp3) is 0.474. The Kier molecular flexibility index (Phi) is 4.00. The van der Waals surface area contributed by atoms with Gasteiger partial charge in [0.25, 0.3) is 0 Å². The number of aromatic nitrogens is 2. The summed E-state index contributed by atoms with van der Waals surface area (Å²) in [6.45, 7) is 2.65. The lowest BCUT2D eigenvalue weighted by Crippen LogP contribution is -2.35. The molecule has 25 heavy (non-hydrogen) atoms. The van der Waals surface area contributed by atoms with E-state index in [-0.39, 0.29) is 18.1 Å². The molecule has 0 saturated heterocycles. The van der Waals surface area contributed by atoms with Crippen LogP contribution in [0, 0.1) is 12.3 Å². The number of rotatable bonds is 6. The van der Waals surface area contributed by atoms with E-state index in [9.17, 15) is 9.90 Å². The third-order valence-electron chi connectivity index (χ3n) is 5.27. The Morgan fingerprint density at radius 1 is 1.32 bits per heavy atom. The number of amides is 2. The van der Waals surface area contributed by atoms with Crippen molar-refractivity contribution in [2.45, 2.75) is 38.5 Å². The molecule has 3 N–H and O–H groups in total. The maximum absolute atomic E-state index is 12.4. The fourth-order valence-corrected chi connectivity index (χ4v) is 3.15. The zero-order chi connectivity index (χ0) is 17.4. The van der Waals surface area contributed by atoms with Crippen LogP contribution in [-0.4, -0.2) is 34.1 Å². The minimum absolute atomic E-state index is 0.106. The molecule has 1 heterocycles. The van der Waals surface area contributed by atoms with Crippen LogP contribution in [0.3, 0.4) is 0 Å². The summed E-state index contributed by atoms with van der Waals surface area (Å²) in [5.41, 5.74) is 2.94. The van der Waals surface area contributed by atoms with Gasteiger partial charge in [0.2, 0.25) is 0 Å². The van der Waals surface area contributed by atoms with Crippen molar-refractivity contribution in [1.82, 2.24) is 15.1 Å². The maximum Gasteiger partial charge on any atom is 0.320 e. The molecule has 2 aliphatic rings. The number of nitrogens with one attached hydrogen (secondary N) is 2. The third kappa shape index (κ3) is 3.26. The van der Waals surface area contributed by atoms with Gasteiger partial charge in [-0.1, -0.05) is 18.2 Å². The summed E-state index contributed by atoms with van der Waals surface area (Å²) in [5, 5.41) is 20.0. The Bertz CT molecular complexity index is 776. The molecule has 0 spiro atoms. The first-order valence-electron chi connectivity index (χ1n) is 8.92. The first-order valence-corrected chi connectivity index (χ1v) is 8.92. The van der Waals surface area contributed by atoms with E-state index >= 15 is 0 Å². The first kappa shape index (κ1) is 16.1. The topological polar surface area (TPSA) is 79.2 Å². The van der Waals surface area contributed by atoms with E-state index in [0.717, 1.165) is 48.4 Å². The van der Waals surface area contributed by atoms with Crippen LogP contribution in [0.5, 0.6) is 0 Å². The predicted molar refractivity (Wildman–Crippen MR) is 96.1 cm³/mol. The van der Waals surface area contributed by atoms with Gasteiger partial charge in [0.15, 0.2) is 0 Å². The molecular formula is C19H24N4O2. The lowest BCUT2D eigenvalue weighted by Gasteiger charge is -2.14. The first-order chi connectivity index (χ1) is 12.1. The van der Waals surface area contributed by atoms with E-state index < -0.39 is 0 Å². The van der Waals surface area contributed by atoms with Crippen LogP contribution in [-0.2, 0) is 0 Å². The van der Waals surface area contributed by atoms with Crippen molar-refractivity contribution in [3.8, 4) is 5.69 Å². The lowest BCUT2D eigenvalue weighted by molar-refractivity contribution is 0.206. The summed E-state index contributed by atoms with van der Waals surface area (Å²) in [7, 11) is 0. The normalized spacial score (nSPS) is 18.0. The summed E-state index contributed by atoms with van der Waals surface area (Å²) in [5.74, 6) is 1.23. The Hall–Kier alpha value is -2.34. The van der Waals surface area contributed by atoms with Crippen LogP contribution < -0.4 is 10.6 Å². The molecular weight excluding hydrogens is 316 g/mol. The maximum atomic E-state index is 12.4. The van der Waals surface area contributed by atoms with Gasteiger partial charge in [-0.3, -0.25) is 5.32 Å². The van der Waals surface area contributed by atoms with E-state index in [4.69, 9.17) is 5.10 Å². The van der Waals surface area contributed by atoms with Gasteiger partial charge in [-0.15, -0.1) is 0 Å². The summed E-state index contributed by atoms with van der Waals surface area (Å²) < 4.78 is 1.82. The number of benzene rings is 1.